The molecule has 0 spiro atoms. The van der Waals surface area contributed by atoms with Gasteiger partial charge in [-0.3, -0.25) is 0 Å². The summed E-state index contributed by atoms with van der Waals surface area (Å²) in [4.78, 5) is 2.37. The maximum Gasteiger partial charge on any atom is 0.0465 e. The van der Waals surface area contributed by atoms with Crippen LogP contribution in [0.2, 0.25) is 0 Å². The lowest BCUT2D eigenvalue weighted by Crippen LogP contribution is -2.26. The molecule has 5 aromatic carbocycles. The third-order valence-corrected chi connectivity index (χ3v) is 10.2. The molecular weight excluding hydrogens is 494 g/mol. The minimum absolute atomic E-state index is 0.0727. The first kappa shape index (κ1) is 24.4. The molecule has 3 aliphatic carbocycles. The van der Waals surface area contributed by atoms with Crippen molar-refractivity contribution in [2.24, 2.45) is 5.92 Å². The van der Waals surface area contributed by atoms with Gasteiger partial charge in [-0.2, -0.15) is 0 Å². The highest BCUT2D eigenvalue weighted by molar-refractivity contribution is 5.87. The summed E-state index contributed by atoms with van der Waals surface area (Å²) in [5, 5.41) is 0. The second-order valence-electron chi connectivity index (χ2n) is 13.1. The molecule has 2 atom stereocenters. The Labute approximate surface area is 243 Å². The molecule has 200 valence electrons. The number of benzene rings is 5. The van der Waals surface area contributed by atoms with Crippen molar-refractivity contribution in [3.63, 3.8) is 0 Å². The van der Waals surface area contributed by atoms with Gasteiger partial charge < -0.3 is 4.90 Å². The van der Waals surface area contributed by atoms with Gasteiger partial charge in [-0.1, -0.05) is 113 Å². The fourth-order valence-electron chi connectivity index (χ4n) is 8.00. The van der Waals surface area contributed by atoms with E-state index in [1.165, 1.54) is 61.6 Å². The van der Waals surface area contributed by atoms with Crippen LogP contribution in [0.5, 0.6) is 0 Å². The Hall–Kier alpha value is -4.36. The van der Waals surface area contributed by atoms with Crippen LogP contribution in [0.25, 0.3) is 17.2 Å². The summed E-state index contributed by atoms with van der Waals surface area (Å²) in [6, 6.07) is 42.7. The van der Waals surface area contributed by atoms with Crippen LogP contribution in [0.4, 0.5) is 17.1 Å². The molecular formula is C40H35N. The van der Waals surface area contributed by atoms with Gasteiger partial charge in [0.2, 0.25) is 0 Å². The van der Waals surface area contributed by atoms with E-state index < -0.39 is 0 Å². The van der Waals surface area contributed by atoms with Gasteiger partial charge in [0.1, 0.15) is 0 Å². The van der Waals surface area contributed by atoms with Gasteiger partial charge in [0.15, 0.2) is 0 Å². The maximum absolute atomic E-state index is 2.58. The van der Waals surface area contributed by atoms with E-state index in [9.17, 15) is 0 Å². The molecule has 2 unspecified atom stereocenters. The molecule has 0 bridgehead atoms. The van der Waals surface area contributed by atoms with Crippen LogP contribution in [0, 0.1) is 5.92 Å². The van der Waals surface area contributed by atoms with Crippen LogP contribution in [0.1, 0.15) is 67.0 Å². The largest absolute Gasteiger partial charge is 0.310 e. The Morgan fingerprint density at radius 1 is 0.537 bits per heavy atom. The van der Waals surface area contributed by atoms with E-state index in [4.69, 9.17) is 0 Å². The van der Waals surface area contributed by atoms with Crippen molar-refractivity contribution in [1.29, 1.82) is 0 Å². The Balaban J connectivity index is 1.29. The molecule has 0 aliphatic heterocycles. The van der Waals surface area contributed by atoms with Gasteiger partial charge in [-0.05, 0) is 98.3 Å². The van der Waals surface area contributed by atoms with E-state index in [2.05, 4.69) is 160 Å². The second-order valence-corrected chi connectivity index (χ2v) is 13.1. The summed E-state index contributed by atoms with van der Waals surface area (Å²) in [6.07, 6.45) is 4.83. The average Bonchev–Trinajstić information content (AvgIpc) is 3.36. The topological polar surface area (TPSA) is 3.24 Å². The Morgan fingerprint density at radius 2 is 1.17 bits per heavy atom. The zero-order valence-electron chi connectivity index (χ0n) is 24.2. The first-order chi connectivity index (χ1) is 19.9. The van der Waals surface area contributed by atoms with E-state index in [0.717, 1.165) is 0 Å². The fraction of sp³-hybridized carbons (Fsp3) is 0.200. The smallest absolute Gasteiger partial charge is 0.0465 e. The molecule has 8 rings (SSSR count). The van der Waals surface area contributed by atoms with Crippen LogP contribution >= 0.6 is 0 Å². The standard InChI is InChI=1S/C40H35N/c1-39(2)34-22-19-26-13-11-12-18-30(26)38(34)33-25-36-32(24-37(33)39)31-21-20-29(23-35(31)40(36,3)4)41(27-14-7-5-8-15-27)28-16-9-6-10-17-28/h5-25,34,38H,1-4H3. The molecule has 0 radical (unpaired) electrons. The molecule has 5 aromatic rings. The molecule has 0 fully saturated rings. The minimum atomic E-state index is -0.0962. The van der Waals surface area contributed by atoms with Crippen molar-refractivity contribution < 1.29 is 0 Å². The van der Waals surface area contributed by atoms with Gasteiger partial charge in [0.05, 0.1) is 0 Å². The Bertz CT molecular complexity index is 1800. The quantitative estimate of drug-likeness (QED) is 0.225. The third-order valence-electron chi connectivity index (χ3n) is 10.2. The highest BCUT2D eigenvalue weighted by atomic mass is 15.1. The lowest BCUT2D eigenvalue weighted by Gasteiger charge is -2.32. The molecule has 0 saturated heterocycles. The predicted molar refractivity (Wildman–Crippen MR) is 173 cm³/mol. The summed E-state index contributed by atoms with van der Waals surface area (Å²) in [5.41, 5.74) is 15.0. The molecule has 0 aromatic heterocycles. The van der Waals surface area contributed by atoms with Crippen LogP contribution in [-0.2, 0) is 10.8 Å². The third kappa shape index (κ3) is 3.42. The SMILES string of the molecule is CC1(C)c2cc(N(c3ccccc3)c3ccccc3)ccc2-c2cc3c(cc21)C1c2ccccc2C=CC1C3(C)C. The fourth-order valence-corrected chi connectivity index (χ4v) is 8.00. The van der Waals surface area contributed by atoms with Gasteiger partial charge in [-0.25, -0.2) is 0 Å². The van der Waals surface area contributed by atoms with Crippen molar-refractivity contribution in [2.45, 2.75) is 44.4 Å². The van der Waals surface area contributed by atoms with Crippen LogP contribution in [-0.4, -0.2) is 0 Å². The summed E-state index contributed by atoms with van der Waals surface area (Å²) in [7, 11) is 0. The molecule has 3 aliphatic rings. The minimum Gasteiger partial charge on any atom is -0.310 e. The highest BCUT2D eigenvalue weighted by Gasteiger charge is 2.49. The number of hydrogen-bond acceptors (Lipinski definition) is 1. The molecule has 41 heavy (non-hydrogen) atoms. The highest BCUT2D eigenvalue weighted by Crippen LogP contribution is 2.60. The summed E-state index contributed by atoms with van der Waals surface area (Å²) < 4.78 is 0. The van der Waals surface area contributed by atoms with Gasteiger partial charge in [0, 0.05) is 28.4 Å². The van der Waals surface area contributed by atoms with Crippen molar-refractivity contribution in [2.75, 3.05) is 4.90 Å². The lowest BCUT2D eigenvalue weighted by atomic mass is 9.71. The Morgan fingerprint density at radius 3 is 1.88 bits per heavy atom. The Kier molecular flexibility index (Phi) is 5.11. The van der Waals surface area contributed by atoms with Crippen LogP contribution in [0.15, 0.2) is 121 Å². The van der Waals surface area contributed by atoms with E-state index in [-0.39, 0.29) is 10.8 Å². The number of rotatable bonds is 3. The van der Waals surface area contributed by atoms with Crippen molar-refractivity contribution in [3.8, 4) is 11.1 Å². The zero-order chi connectivity index (χ0) is 27.9. The summed E-state index contributed by atoms with van der Waals surface area (Å²) >= 11 is 0. The van der Waals surface area contributed by atoms with Crippen LogP contribution in [0.3, 0.4) is 0 Å². The second kappa shape index (κ2) is 8.57. The first-order valence-corrected chi connectivity index (χ1v) is 14.9. The maximum atomic E-state index is 2.58. The molecule has 1 heteroatoms. The lowest BCUT2D eigenvalue weighted by molar-refractivity contribution is 0.391. The summed E-state index contributed by atoms with van der Waals surface area (Å²) in [5.74, 6) is 0.887. The van der Waals surface area contributed by atoms with E-state index in [1.54, 1.807) is 0 Å². The average molecular weight is 530 g/mol. The van der Waals surface area contributed by atoms with Crippen LogP contribution < -0.4 is 4.90 Å². The number of nitrogens with zero attached hydrogens (tertiary/aromatic N) is 1. The number of allylic oxidation sites excluding steroid dienone is 1. The number of para-hydroxylation sites is 2. The van der Waals surface area contributed by atoms with Gasteiger partial charge in [0.25, 0.3) is 0 Å². The first-order valence-electron chi connectivity index (χ1n) is 14.9. The molecule has 0 amide bonds. The molecule has 0 N–H and O–H groups in total. The van der Waals surface area contributed by atoms with E-state index in [1.807, 2.05) is 0 Å². The van der Waals surface area contributed by atoms with Gasteiger partial charge >= 0.3 is 0 Å². The molecule has 0 saturated carbocycles. The van der Waals surface area contributed by atoms with Crippen molar-refractivity contribution in [1.82, 2.24) is 0 Å². The van der Waals surface area contributed by atoms with Crippen molar-refractivity contribution in [3.05, 3.63) is 155 Å². The van der Waals surface area contributed by atoms with Crippen molar-refractivity contribution >= 4 is 23.1 Å². The number of hydrogen-bond donors (Lipinski definition) is 0. The van der Waals surface area contributed by atoms with Gasteiger partial charge in [-0.15, -0.1) is 0 Å². The number of fused-ring (bicyclic) bond motifs is 8. The predicted octanol–water partition coefficient (Wildman–Crippen LogP) is 10.5. The number of anilines is 3. The normalized spacial score (nSPS) is 20.0. The van der Waals surface area contributed by atoms with E-state index in [0.29, 0.717) is 11.8 Å². The molecule has 1 nitrogen and oxygen atoms in total. The van der Waals surface area contributed by atoms with E-state index >= 15 is 0 Å². The molecule has 0 heterocycles. The summed E-state index contributed by atoms with van der Waals surface area (Å²) in [6.45, 7) is 9.72. The zero-order valence-corrected chi connectivity index (χ0v) is 24.2. The monoisotopic (exact) mass is 529 g/mol.